The van der Waals surface area contributed by atoms with Crippen molar-refractivity contribution in [3.05, 3.63) is 17.2 Å². The Morgan fingerprint density at radius 2 is 1.82 bits per heavy atom. The van der Waals surface area contributed by atoms with Crippen LogP contribution in [0.15, 0.2) is 0 Å². The predicted octanol–water partition coefficient (Wildman–Crippen LogP) is 0.951. The number of amides is 2. The Labute approximate surface area is 130 Å². The van der Waals surface area contributed by atoms with Crippen LogP contribution in [0.2, 0.25) is 0 Å². The van der Waals surface area contributed by atoms with Gasteiger partial charge in [-0.05, 0) is 25.7 Å². The summed E-state index contributed by atoms with van der Waals surface area (Å²) in [6, 6.07) is 0. The molecule has 1 aromatic heterocycles. The molecule has 2 aliphatic heterocycles. The van der Waals surface area contributed by atoms with Gasteiger partial charge >= 0.3 is 0 Å². The number of imidazole rings is 1. The topological polar surface area (TPSA) is 58.4 Å². The highest BCUT2D eigenvalue weighted by Gasteiger charge is 2.36. The first-order chi connectivity index (χ1) is 10.6. The molecule has 0 radical (unpaired) electrons. The van der Waals surface area contributed by atoms with Crippen LogP contribution >= 0.6 is 0 Å². The van der Waals surface area contributed by atoms with E-state index in [1.807, 2.05) is 21.4 Å². The molecule has 2 amide bonds. The summed E-state index contributed by atoms with van der Waals surface area (Å²) < 4.78 is 1.94. The fourth-order valence-corrected chi connectivity index (χ4v) is 3.56. The lowest BCUT2D eigenvalue weighted by Crippen LogP contribution is -2.37. The molecule has 4 rings (SSSR count). The van der Waals surface area contributed by atoms with E-state index in [1.54, 1.807) is 0 Å². The molecule has 1 aromatic rings. The zero-order valence-electron chi connectivity index (χ0n) is 13.0. The summed E-state index contributed by atoms with van der Waals surface area (Å²) in [5.74, 6) is 1.08. The highest BCUT2D eigenvalue weighted by Crippen LogP contribution is 2.32. The third-order valence-corrected chi connectivity index (χ3v) is 5.08. The third kappa shape index (κ3) is 2.21. The van der Waals surface area contributed by atoms with Gasteiger partial charge in [0, 0.05) is 44.7 Å². The third-order valence-electron chi connectivity index (χ3n) is 5.08. The second-order valence-electron chi connectivity index (χ2n) is 6.67. The molecular weight excluding hydrogens is 280 g/mol. The summed E-state index contributed by atoms with van der Waals surface area (Å²) in [5, 5.41) is 0. The molecule has 0 spiro atoms. The van der Waals surface area contributed by atoms with Crippen molar-refractivity contribution < 1.29 is 9.59 Å². The summed E-state index contributed by atoms with van der Waals surface area (Å²) in [7, 11) is 1.92. The van der Waals surface area contributed by atoms with Gasteiger partial charge in [0.1, 0.15) is 0 Å². The van der Waals surface area contributed by atoms with E-state index in [1.165, 1.54) is 0 Å². The number of hydrogen-bond acceptors (Lipinski definition) is 3. The van der Waals surface area contributed by atoms with Crippen LogP contribution in [-0.4, -0.2) is 50.8 Å². The molecule has 0 atom stereocenters. The molecule has 1 saturated carbocycles. The molecule has 2 fully saturated rings. The molecule has 118 valence electrons. The molecule has 3 heterocycles. The lowest BCUT2D eigenvalue weighted by molar-refractivity contribution is -0.133. The second kappa shape index (κ2) is 5.11. The first-order valence-corrected chi connectivity index (χ1v) is 8.27. The normalized spacial score (nSPS) is 21.1. The smallest absolute Gasteiger partial charge is 0.289 e. The predicted molar refractivity (Wildman–Crippen MR) is 80.2 cm³/mol. The van der Waals surface area contributed by atoms with Crippen LogP contribution in [0.4, 0.5) is 0 Å². The highest BCUT2D eigenvalue weighted by molar-refractivity contribution is 5.91. The summed E-state index contributed by atoms with van der Waals surface area (Å²) >= 11 is 0. The van der Waals surface area contributed by atoms with Gasteiger partial charge in [0.2, 0.25) is 5.91 Å². The minimum Gasteiger partial charge on any atom is -0.336 e. The number of rotatable bonds is 2. The van der Waals surface area contributed by atoms with Crippen molar-refractivity contribution in [2.24, 2.45) is 13.0 Å². The Morgan fingerprint density at radius 3 is 2.50 bits per heavy atom. The van der Waals surface area contributed by atoms with Gasteiger partial charge in [0.05, 0.1) is 12.2 Å². The number of hydrogen-bond donors (Lipinski definition) is 0. The Hall–Kier alpha value is -1.85. The van der Waals surface area contributed by atoms with Crippen molar-refractivity contribution in [1.82, 2.24) is 19.4 Å². The maximum atomic E-state index is 12.6. The molecule has 6 heteroatoms. The van der Waals surface area contributed by atoms with Crippen LogP contribution in [0.1, 0.15) is 47.7 Å². The summed E-state index contributed by atoms with van der Waals surface area (Å²) in [6.07, 6.45) is 5.02. The monoisotopic (exact) mass is 302 g/mol. The van der Waals surface area contributed by atoms with Crippen LogP contribution in [0.25, 0.3) is 0 Å². The van der Waals surface area contributed by atoms with Gasteiger partial charge in [0.15, 0.2) is 5.82 Å². The fourth-order valence-electron chi connectivity index (χ4n) is 3.56. The van der Waals surface area contributed by atoms with Gasteiger partial charge in [-0.3, -0.25) is 9.59 Å². The molecule has 0 N–H and O–H groups in total. The van der Waals surface area contributed by atoms with Crippen molar-refractivity contribution in [2.75, 3.05) is 19.6 Å². The van der Waals surface area contributed by atoms with E-state index in [-0.39, 0.29) is 17.7 Å². The van der Waals surface area contributed by atoms with Crippen molar-refractivity contribution in [3.63, 3.8) is 0 Å². The van der Waals surface area contributed by atoms with Crippen molar-refractivity contribution in [2.45, 2.75) is 38.6 Å². The fraction of sp³-hybridized carbons (Fsp3) is 0.688. The van der Waals surface area contributed by atoms with E-state index in [2.05, 4.69) is 4.98 Å². The number of nitrogens with zero attached hydrogens (tertiary/aromatic N) is 4. The van der Waals surface area contributed by atoms with Gasteiger partial charge in [-0.2, -0.15) is 0 Å². The zero-order chi connectivity index (χ0) is 15.3. The van der Waals surface area contributed by atoms with E-state index < -0.39 is 0 Å². The van der Waals surface area contributed by atoms with E-state index in [0.717, 1.165) is 63.1 Å². The molecule has 1 saturated heterocycles. The Bertz CT molecular complexity index is 626. The van der Waals surface area contributed by atoms with Gasteiger partial charge in [-0.25, -0.2) is 4.98 Å². The van der Waals surface area contributed by atoms with Crippen LogP contribution in [-0.2, 0) is 24.8 Å². The van der Waals surface area contributed by atoms with Gasteiger partial charge in [-0.15, -0.1) is 0 Å². The van der Waals surface area contributed by atoms with E-state index in [0.29, 0.717) is 12.4 Å². The lowest BCUT2D eigenvalue weighted by Gasteiger charge is -2.26. The quantitative estimate of drug-likeness (QED) is 0.817. The largest absolute Gasteiger partial charge is 0.336 e. The minimum atomic E-state index is 0.0365. The average molecular weight is 302 g/mol. The first kappa shape index (κ1) is 13.8. The molecule has 0 unspecified atom stereocenters. The average Bonchev–Trinajstić information content (AvgIpc) is 3.13. The molecule has 3 aliphatic rings. The number of aromatic nitrogens is 2. The van der Waals surface area contributed by atoms with Crippen molar-refractivity contribution in [1.29, 1.82) is 0 Å². The molecule has 1 aliphatic carbocycles. The summed E-state index contributed by atoms with van der Waals surface area (Å²) in [6.45, 7) is 2.98. The van der Waals surface area contributed by atoms with E-state index >= 15 is 0 Å². The second-order valence-corrected chi connectivity index (χ2v) is 6.67. The Morgan fingerprint density at radius 1 is 1.09 bits per heavy atom. The maximum Gasteiger partial charge on any atom is 0.289 e. The van der Waals surface area contributed by atoms with Gasteiger partial charge < -0.3 is 14.4 Å². The Kier molecular flexibility index (Phi) is 3.20. The molecule has 6 nitrogen and oxygen atoms in total. The Balaban J connectivity index is 1.56. The first-order valence-electron chi connectivity index (χ1n) is 8.27. The van der Waals surface area contributed by atoms with Crippen molar-refractivity contribution in [3.8, 4) is 0 Å². The van der Waals surface area contributed by atoms with Crippen LogP contribution in [0.3, 0.4) is 0 Å². The van der Waals surface area contributed by atoms with E-state index in [9.17, 15) is 9.59 Å². The number of likely N-dealkylation sites (tertiary alicyclic amines) is 1. The highest BCUT2D eigenvalue weighted by atomic mass is 16.2. The summed E-state index contributed by atoms with van der Waals surface area (Å²) in [5.41, 5.74) is 2.02. The summed E-state index contributed by atoms with van der Waals surface area (Å²) in [4.78, 5) is 33.2. The molecule has 0 bridgehead atoms. The number of carbonyl (C=O) groups excluding carboxylic acids is 2. The van der Waals surface area contributed by atoms with Crippen LogP contribution < -0.4 is 0 Å². The molecule has 0 aromatic carbocycles. The maximum absolute atomic E-state index is 12.6. The lowest BCUT2D eigenvalue weighted by atomic mass is 10.1. The van der Waals surface area contributed by atoms with Crippen molar-refractivity contribution >= 4 is 11.8 Å². The molecular formula is C16H22N4O2. The zero-order valence-corrected chi connectivity index (χ0v) is 13.0. The van der Waals surface area contributed by atoms with Gasteiger partial charge in [0.25, 0.3) is 5.91 Å². The molecule has 22 heavy (non-hydrogen) atoms. The van der Waals surface area contributed by atoms with Gasteiger partial charge in [-0.1, -0.05) is 0 Å². The number of carbonyl (C=O) groups is 2. The SMILES string of the molecule is Cn1c(C(=O)N2CCCC2)nc2c1CCN(C(=O)C1CC1)C2. The van der Waals surface area contributed by atoms with Crippen LogP contribution in [0.5, 0.6) is 0 Å². The van der Waals surface area contributed by atoms with E-state index in [4.69, 9.17) is 0 Å². The number of fused-ring (bicyclic) bond motifs is 1. The minimum absolute atomic E-state index is 0.0365. The standard InChI is InChI=1S/C16H22N4O2/c1-18-13-6-9-20(15(21)11-4-5-11)10-12(13)17-14(18)16(22)19-7-2-3-8-19/h11H,2-10H2,1H3. The van der Waals surface area contributed by atoms with Crippen LogP contribution in [0, 0.1) is 5.92 Å².